The number of anilines is 1. The molecule has 3 rings (SSSR count). The molecule has 1 aliphatic heterocycles. The molecule has 1 atom stereocenters. The van der Waals surface area contributed by atoms with E-state index >= 15 is 0 Å². The summed E-state index contributed by atoms with van der Waals surface area (Å²) in [4.78, 5) is 14.8. The van der Waals surface area contributed by atoms with Gasteiger partial charge in [-0.05, 0) is 38.1 Å². The number of nitrogens with one attached hydrogen (secondary N) is 1. The summed E-state index contributed by atoms with van der Waals surface area (Å²) in [5, 5.41) is 12.8. The molecule has 1 saturated carbocycles. The molecule has 1 aliphatic carbocycles. The van der Waals surface area contributed by atoms with Crippen LogP contribution in [0.5, 0.6) is 0 Å². The van der Waals surface area contributed by atoms with Crippen LogP contribution >= 0.6 is 11.3 Å². The van der Waals surface area contributed by atoms with Crippen LogP contribution in [0.3, 0.4) is 0 Å². The molecular formula is C15H24N4OS. The number of carbonyl (C=O) groups excluding carboxylic acids is 1. The average molecular weight is 308 g/mol. The van der Waals surface area contributed by atoms with Gasteiger partial charge in [0.2, 0.25) is 11.0 Å². The van der Waals surface area contributed by atoms with Crippen molar-refractivity contribution in [2.45, 2.75) is 57.9 Å². The molecule has 1 N–H and O–H groups in total. The monoisotopic (exact) mass is 308 g/mol. The minimum absolute atomic E-state index is 0.0209. The number of likely N-dealkylation sites (tertiary alicyclic amines) is 1. The number of hydrogen-bond acceptors (Lipinski definition) is 5. The maximum absolute atomic E-state index is 12.5. The molecule has 5 nitrogen and oxygen atoms in total. The van der Waals surface area contributed by atoms with Crippen molar-refractivity contribution in [1.29, 1.82) is 0 Å². The Morgan fingerprint density at radius 1 is 1.33 bits per heavy atom. The second-order valence-corrected chi connectivity index (χ2v) is 8.23. The third-order valence-electron chi connectivity index (χ3n) is 4.15. The number of hydrogen-bond donors (Lipinski definition) is 1. The smallest absolute Gasteiger partial charge is 0.243 e. The Morgan fingerprint density at radius 2 is 2.10 bits per heavy atom. The van der Waals surface area contributed by atoms with Crippen LogP contribution in [0.15, 0.2) is 0 Å². The Labute approximate surface area is 130 Å². The molecular weight excluding hydrogens is 284 g/mol. The van der Waals surface area contributed by atoms with E-state index in [2.05, 4.69) is 41.2 Å². The van der Waals surface area contributed by atoms with E-state index in [1.54, 1.807) is 0 Å². The summed E-state index contributed by atoms with van der Waals surface area (Å²) in [5.74, 6) is 0.914. The van der Waals surface area contributed by atoms with Crippen LogP contribution in [0.1, 0.15) is 51.5 Å². The topological polar surface area (TPSA) is 58.1 Å². The molecule has 2 heterocycles. The molecule has 2 aliphatic rings. The lowest BCUT2D eigenvalue weighted by Gasteiger charge is -2.22. The SMILES string of the molecule is CC(C)(C)c1nnc(NC(=O)[C@@H]2CCCN2CC2CC2)s1. The predicted octanol–water partition coefficient (Wildman–Crippen LogP) is 2.65. The fourth-order valence-electron chi connectivity index (χ4n) is 2.74. The Bertz CT molecular complexity index is 518. The molecule has 0 unspecified atom stereocenters. The number of rotatable bonds is 4. The highest BCUT2D eigenvalue weighted by atomic mass is 32.1. The average Bonchev–Trinajstić information content (AvgIpc) is 2.89. The summed E-state index contributed by atoms with van der Waals surface area (Å²) in [6.45, 7) is 8.45. The van der Waals surface area contributed by atoms with Crippen molar-refractivity contribution in [2.24, 2.45) is 5.92 Å². The van der Waals surface area contributed by atoms with E-state index in [0.717, 1.165) is 36.9 Å². The van der Waals surface area contributed by atoms with E-state index in [1.807, 2.05) is 0 Å². The van der Waals surface area contributed by atoms with Crippen LogP contribution in [-0.4, -0.2) is 40.1 Å². The maximum atomic E-state index is 12.5. The summed E-state index contributed by atoms with van der Waals surface area (Å²) < 4.78 is 0. The van der Waals surface area contributed by atoms with Crippen LogP contribution in [0.25, 0.3) is 0 Å². The van der Waals surface area contributed by atoms with E-state index < -0.39 is 0 Å². The minimum Gasteiger partial charge on any atom is -0.299 e. The van der Waals surface area contributed by atoms with E-state index in [9.17, 15) is 4.79 Å². The molecule has 0 aromatic carbocycles. The van der Waals surface area contributed by atoms with Gasteiger partial charge in [-0.1, -0.05) is 32.1 Å². The first kappa shape index (κ1) is 14.9. The first-order valence-electron chi connectivity index (χ1n) is 7.82. The Morgan fingerprint density at radius 3 is 2.71 bits per heavy atom. The van der Waals surface area contributed by atoms with Gasteiger partial charge in [-0.3, -0.25) is 15.0 Å². The summed E-state index contributed by atoms with van der Waals surface area (Å²) in [6.07, 6.45) is 4.74. The van der Waals surface area contributed by atoms with Crippen LogP contribution in [0, 0.1) is 5.92 Å². The number of nitrogens with zero attached hydrogens (tertiary/aromatic N) is 3. The lowest BCUT2D eigenvalue weighted by Crippen LogP contribution is -2.40. The molecule has 116 valence electrons. The van der Waals surface area contributed by atoms with E-state index in [1.165, 1.54) is 24.2 Å². The van der Waals surface area contributed by atoms with Crippen molar-refractivity contribution in [2.75, 3.05) is 18.4 Å². The minimum atomic E-state index is -0.0218. The van der Waals surface area contributed by atoms with Crippen molar-refractivity contribution in [3.63, 3.8) is 0 Å². The van der Waals surface area contributed by atoms with Gasteiger partial charge in [-0.2, -0.15) is 0 Å². The third kappa shape index (κ3) is 3.61. The van der Waals surface area contributed by atoms with Crippen molar-refractivity contribution in [3.8, 4) is 0 Å². The zero-order valence-electron chi connectivity index (χ0n) is 13.1. The Balaban J connectivity index is 1.61. The normalized spacial score (nSPS) is 23.5. The molecule has 21 heavy (non-hydrogen) atoms. The van der Waals surface area contributed by atoms with Crippen molar-refractivity contribution >= 4 is 22.4 Å². The molecule has 0 radical (unpaired) electrons. The van der Waals surface area contributed by atoms with Gasteiger partial charge in [0, 0.05) is 12.0 Å². The van der Waals surface area contributed by atoms with Gasteiger partial charge in [0.05, 0.1) is 6.04 Å². The molecule has 1 saturated heterocycles. The molecule has 1 aromatic rings. The zero-order chi connectivity index (χ0) is 15.0. The summed E-state index contributed by atoms with van der Waals surface area (Å²) >= 11 is 1.48. The lowest BCUT2D eigenvalue weighted by molar-refractivity contribution is -0.120. The number of amides is 1. The molecule has 0 bridgehead atoms. The van der Waals surface area contributed by atoms with Crippen molar-refractivity contribution in [3.05, 3.63) is 5.01 Å². The quantitative estimate of drug-likeness (QED) is 0.929. The molecule has 1 aromatic heterocycles. The maximum Gasteiger partial charge on any atom is 0.243 e. The fraction of sp³-hybridized carbons (Fsp3) is 0.800. The van der Waals surface area contributed by atoms with Gasteiger partial charge in [0.1, 0.15) is 5.01 Å². The zero-order valence-corrected chi connectivity index (χ0v) is 13.9. The van der Waals surface area contributed by atoms with Crippen LogP contribution in [0.2, 0.25) is 0 Å². The fourth-order valence-corrected chi connectivity index (χ4v) is 3.54. The van der Waals surface area contributed by atoms with E-state index in [4.69, 9.17) is 0 Å². The van der Waals surface area contributed by atoms with Crippen molar-refractivity contribution < 1.29 is 4.79 Å². The summed E-state index contributed by atoms with van der Waals surface area (Å²) in [5.41, 5.74) is -0.0218. The second-order valence-electron chi connectivity index (χ2n) is 7.25. The first-order valence-corrected chi connectivity index (χ1v) is 8.64. The van der Waals surface area contributed by atoms with Gasteiger partial charge < -0.3 is 0 Å². The Kier molecular flexibility index (Phi) is 4.01. The largest absolute Gasteiger partial charge is 0.299 e. The summed E-state index contributed by atoms with van der Waals surface area (Å²) in [7, 11) is 0. The van der Waals surface area contributed by atoms with Gasteiger partial charge in [0.25, 0.3) is 0 Å². The van der Waals surface area contributed by atoms with Crippen LogP contribution in [0.4, 0.5) is 5.13 Å². The standard InChI is InChI=1S/C15H24N4OS/c1-15(2,3)13-17-18-14(21-13)16-12(20)11-5-4-8-19(11)9-10-6-7-10/h10-11H,4-9H2,1-3H3,(H,16,18,20)/t11-/m0/s1. The van der Waals surface area contributed by atoms with E-state index in [0.29, 0.717) is 5.13 Å². The second kappa shape index (κ2) is 5.65. The van der Waals surface area contributed by atoms with Crippen LogP contribution in [-0.2, 0) is 10.2 Å². The predicted molar refractivity (Wildman–Crippen MR) is 84.6 cm³/mol. The van der Waals surface area contributed by atoms with Gasteiger partial charge in [-0.15, -0.1) is 10.2 Å². The first-order chi connectivity index (χ1) is 9.93. The lowest BCUT2D eigenvalue weighted by atomic mass is 9.98. The van der Waals surface area contributed by atoms with E-state index in [-0.39, 0.29) is 17.4 Å². The highest BCUT2D eigenvalue weighted by molar-refractivity contribution is 7.15. The number of carbonyl (C=O) groups is 1. The molecule has 0 spiro atoms. The molecule has 6 heteroatoms. The highest BCUT2D eigenvalue weighted by Crippen LogP contribution is 2.33. The van der Waals surface area contributed by atoms with Gasteiger partial charge >= 0.3 is 0 Å². The Hall–Kier alpha value is -1.01. The molecule has 1 amide bonds. The third-order valence-corrected chi connectivity index (χ3v) is 5.42. The van der Waals surface area contributed by atoms with Crippen LogP contribution < -0.4 is 5.32 Å². The van der Waals surface area contributed by atoms with Crippen molar-refractivity contribution in [1.82, 2.24) is 15.1 Å². The highest BCUT2D eigenvalue weighted by Gasteiger charge is 2.35. The number of aromatic nitrogens is 2. The summed E-state index contributed by atoms with van der Waals surface area (Å²) in [6, 6.07) is 0.0209. The molecule has 2 fully saturated rings. The van der Waals surface area contributed by atoms with Gasteiger partial charge in [-0.25, -0.2) is 0 Å². The van der Waals surface area contributed by atoms with Gasteiger partial charge in [0.15, 0.2) is 0 Å².